The Labute approximate surface area is 129 Å². The molecule has 120 valence electrons. The molecule has 5 heteroatoms. The molecule has 5 nitrogen and oxygen atoms in total. The van der Waals surface area contributed by atoms with Crippen LogP contribution in [0, 0.1) is 0 Å². The average molecular weight is 293 g/mol. The van der Waals surface area contributed by atoms with E-state index in [4.69, 9.17) is 0 Å². The van der Waals surface area contributed by atoms with Gasteiger partial charge in [-0.2, -0.15) is 0 Å². The van der Waals surface area contributed by atoms with E-state index in [1.807, 2.05) is 6.07 Å². The van der Waals surface area contributed by atoms with Crippen LogP contribution >= 0.6 is 0 Å². The Hall–Kier alpha value is -1.36. The Morgan fingerprint density at radius 1 is 1.10 bits per heavy atom. The van der Waals surface area contributed by atoms with E-state index < -0.39 is 0 Å². The Balaban J connectivity index is 2.39. The second-order valence-corrected chi connectivity index (χ2v) is 5.65. The van der Waals surface area contributed by atoms with Crippen LogP contribution < -0.4 is 10.6 Å². The number of aryl methyl sites for hydroxylation is 1. The molecule has 0 atom stereocenters. The average Bonchev–Trinajstić information content (AvgIpc) is 2.46. The topological polar surface area (TPSA) is 53.1 Å². The molecule has 0 aliphatic rings. The van der Waals surface area contributed by atoms with Gasteiger partial charge in [0, 0.05) is 31.6 Å². The summed E-state index contributed by atoms with van der Waals surface area (Å²) in [6, 6.07) is 2.61. The van der Waals surface area contributed by atoms with Crippen molar-refractivity contribution in [3.05, 3.63) is 11.9 Å². The number of nitrogens with zero attached hydrogens (tertiary/aromatic N) is 3. The molecule has 1 aromatic rings. The summed E-state index contributed by atoms with van der Waals surface area (Å²) in [4.78, 5) is 11.4. The van der Waals surface area contributed by atoms with Crippen LogP contribution in [0.3, 0.4) is 0 Å². The lowest BCUT2D eigenvalue weighted by molar-refractivity contribution is 0.269. The zero-order valence-electron chi connectivity index (χ0n) is 14.2. The lowest BCUT2D eigenvalue weighted by Crippen LogP contribution is -2.27. The quantitative estimate of drug-likeness (QED) is 0.650. The maximum absolute atomic E-state index is 4.52. The molecule has 1 rings (SSSR count). The van der Waals surface area contributed by atoms with Gasteiger partial charge in [0.15, 0.2) is 0 Å². The van der Waals surface area contributed by atoms with E-state index in [0.29, 0.717) is 6.04 Å². The van der Waals surface area contributed by atoms with Gasteiger partial charge in [0.25, 0.3) is 0 Å². The van der Waals surface area contributed by atoms with Crippen LogP contribution in [-0.2, 0) is 6.42 Å². The predicted octanol–water partition coefficient (Wildman–Crippen LogP) is 3.00. The first-order valence-electron chi connectivity index (χ1n) is 8.12. The maximum atomic E-state index is 4.52. The fourth-order valence-electron chi connectivity index (χ4n) is 1.98. The van der Waals surface area contributed by atoms with E-state index in [-0.39, 0.29) is 0 Å². The van der Waals surface area contributed by atoms with Crippen LogP contribution in [0.4, 0.5) is 11.6 Å². The van der Waals surface area contributed by atoms with E-state index in [1.54, 1.807) is 0 Å². The van der Waals surface area contributed by atoms with Crippen LogP contribution in [0.25, 0.3) is 0 Å². The number of aromatic nitrogens is 2. The van der Waals surface area contributed by atoms with Gasteiger partial charge in [-0.05, 0) is 47.2 Å². The molecule has 0 aliphatic carbocycles. The Bertz CT molecular complexity index is 406. The molecular weight excluding hydrogens is 262 g/mol. The van der Waals surface area contributed by atoms with Gasteiger partial charge in [-0.15, -0.1) is 0 Å². The van der Waals surface area contributed by atoms with Crippen LogP contribution in [0.5, 0.6) is 0 Å². The Morgan fingerprint density at radius 2 is 1.76 bits per heavy atom. The highest BCUT2D eigenvalue weighted by molar-refractivity contribution is 5.47. The van der Waals surface area contributed by atoms with Crippen molar-refractivity contribution in [2.45, 2.75) is 53.0 Å². The number of unbranched alkanes of at least 4 members (excludes halogenated alkanes) is 1. The van der Waals surface area contributed by atoms with Crippen LogP contribution in [-0.4, -0.2) is 47.6 Å². The van der Waals surface area contributed by atoms with Crippen molar-refractivity contribution in [2.75, 3.05) is 37.3 Å². The second-order valence-electron chi connectivity index (χ2n) is 5.65. The van der Waals surface area contributed by atoms with Crippen molar-refractivity contribution >= 4 is 11.6 Å². The summed E-state index contributed by atoms with van der Waals surface area (Å²) in [5.74, 6) is 2.72. The summed E-state index contributed by atoms with van der Waals surface area (Å²) in [5, 5.41) is 6.67. The summed E-state index contributed by atoms with van der Waals surface area (Å²) in [6.45, 7) is 11.6. The second kappa shape index (κ2) is 9.55. The van der Waals surface area contributed by atoms with Gasteiger partial charge in [-0.25, -0.2) is 9.97 Å². The molecule has 2 N–H and O–H groups in total. The molecule has 0 spiro atoms. The smallest absolute Gasteiger partial charge is 0.132 e. The molecule has 0 radical (unpaired) electrons. The molecule has 0 unspecified atom stereocenters. The summed E-state index contributed by atoms with van der Waals surface area (Å²) in [6.07, 6.45) is 3.21. The number of hydrogen-bond donors (Lipinski definition) is 2. The molecule has 0 saturated heterocycles. The molecule has 0 aromatic carbocycles. The minimum atomic E-state index is 0.620. The van der Waals surface area contributed by atoms with Gasteiger partial charge in [0.1, 0.15) is 17.5 Å². The maximum Gasteiger partial charge on any atom is 0.132 e. The number of hydrogen-bond acceptors (Lipinski definition) is 5. The SMILES string of the molecule is CCNc1cc(NCCCCN(C)C(C)C)nc(CC)n1. The fraction of sp³-hybridized carbons (Fsp3) is 0.750. The van der Waals surface area contributed by atoms with Crippen LogP contribution in [0.1, 0.15) is 46.4 Å². The third-order valence-corrected chi connectivity index (χ3v) is 3.57. The fourth-order valence-corrected chi connectivity index (χ4v) is 1.98. The number of nitrogens with one attached hydrogen (secondary N) is 2. The van der Waals surface area contributed by atoms with Crippen molar-refractivity contribution in [3.8, 4) is 0 Å². The summed E-state index contributed by atoms with van der Waals surface area (Å²) in [5.41, 5.74) is 0. The molecule has 0 fully saturated rings. The number of anilines is 2. The van der Waals surface area contributed by atoms with Crippen molar-refractivity contribution < 1.29 is 0 Å². The van der Waals surface area contributed by atoms with Gasteiger partial charge in [-0.1, -0.05) is 6.92 Å². The van der Waals surface area contributed by atoms with Crippen molar-refractivity contribution in [2.24, 2.45) is 0 Å². The minimum absolute atomic E-state index is 0.620. The lowest BCUT2D eigenvalue weighted by atomic mass is 10.2. The zero-order valence-corrected chi connectivity index (χ0v) is 14.2. The molecule has 0 saturated carbocycles. The molecule has 0 aliphatic heterocycles. The van der Waals surface area contributed by atoms with E-state index in [0.717, 1.165) is 49.9 Å². The van der Waals surface area contributed by atoms with Gasteiger partial charge in [0.2, 0.25) is 0 Å². The highest BCUT2D eigenvalue weighted by Crippen LogP contribution is 2.12. The highest BCUT2D eigenvalue weighted by atomic mass is 15.1. The largest absolute Gasteiger partial charge is 0.370 e. The lowest BCUT2D eigenvalue weighted by Gasteiger charge is -2.20. The Kier molecular flexibility index (Phi) is 8.05. The monoisotopic (exact) mass is 293 g/mol. The molecule has 1 heterocycles. The van der Waals surface area contributed by atoms with Crippen molar-refractivity contribution in [1.29, 1.82) is 0 Å². The van der Waals surface area contributed by atoms with Crippen LogP contribution in [0.2, 0.25) is 0 Å². The normalized spacial score (nSPS) is 11.2. The number of rotatable bonds is 10. The summed E-state index contributed by atoms with van der Waals surface area (Å²) < 4.78 is 0. The molecule has 1 aromatic heterocycles. The Morgan fingerprint density at radius 3 is 2.33 bits per heavy atom. The molecule has 0 bridgehead atoms. The van der Waals surface area contributed by atoms with E-state index in [9.17, 15) is 0 Å². The van der Waals surface area contributed by atoms with Crippen molar-refractivity contribution in [3.63, 3.8) is 0 Å². The third kappa shape index (κ3) is 6.76. The van der Waals surface area contributed by atoms with Gasteiger partial charge < -0.3 is 15.5 Å². The van der Waals surface area contributed by atoms with Gasteiger partial charge >= 0.3 is 0 Å². The molecule has 0 amide bonds. The highest BCUT2D eigenvalue weighted by Gasteiger charge is 2.04. The minimum Gasteiger partial charge on any atom is -0.370 e. The van der Waals surface area contributed by atoms with Gasteiger partial charge in [0.05, 0.1) is 0 Å². The van der Waals surface area contributed by atoms with Crippen molar-refractivity contribution in [1.82, 2.24) is 14.9 Å². The molecular formula is C16H31N5. The predicted molar refractivity (Wildman–Crippen MR) is 91.1 cm³/mol. The van der Waals surface area contributed by atoms with E-state index in [2.05, 4.69) is 60.2 Å². The third-order valence-electron chi connectivity index (χ3n) is 3.57. The van der Waals surface area contributed by atoms with Crippen LogP contribution in [0.15, 0.2) is 6.07 Å². The summed E-state index contributed by atoms with van der Waals surface area (Å²) >= 11 is 0. The zero-order chi connectivity index (χ0) is 15.7. The molecule has 21 heavy (non-hydrogen) atoms. The first-order chi connectivity index (χ1) is 10.1. The van der Waals surface area contributed by atoms with E-state index in [1.165, 1.54) is 6.42 Å². The first-order valence-corrected chi connectivity index (χ1v) is 8.12. The first kappa shape index (κ1) is 17.7. The standard InChI is InChI=1S/C16H31N5/c1-6-14-19-15(17-7-2)12-16(20-14)18-10-8-9-11-21(5)13(3)4/h12-13H,6-11H2,1-5H3,(H2,17,18,19,20). The van der Waals surface area contributed by atoms with E-state index >= 15 is 0 Å². The summed E-state index contributed by atoms with van der Waals surface area (Å²) in [7, 11) is 2.18. The van der Waals surface area contributed by atoms with Gasteiger partial charge in [-0.3, -0.25) is 0 Å².